The molecule has 0 fully saturated rings. The van der Waals surface area contributed by atoms with Gasteiger partial charge in [0.1, 0.15) is 23.9 Å². The van der Waals surface area contributed by atoms with Crippen LogP contribution in [0.3, 0.4) is 0 Å². The fraction of sp³-hybridized carbons (Fsp3) is 0.240. The van der Waals surface area contributed by atoms with E-state index < -0.39 is 0 Å². The fourth-order valence-electron chi connectivity index (χ4n) is 3.44. The van der Waals surface area contributed by atoms with Crippen LogP contribution in [0.1, 0.15) is 36.7 Å². The van der Waals surface area contributed by atoms with Gasteiger partial charge in [0.05, 0.1) is 18.1 Å². The molecule has 0 N–H and O–H groups in total. The largest absolute Gasteiger partial charge is 0.497 e. The van der Waals surface area contributed by atoms with E-state index in [0.29, 0.717) is 12.5 Å². The molecule has 4 rings (SSSR count). The van der Waals surface area contributed by atoms with Crippen molar-refractivity contribution in [2.75, 3.05) is 7.11 Å². The van der Waals surface area contributed by atoms with E-state index >= 15 is 0 Å². The lowest BCUT2D eigenvalue weighted by Gasteiger charge is -2.12. The van der Waals surface area contributed by atoms with E-state index in [1.807, 2.05) is 36.4 Å². The molecule has 0 atom stereocenters. The maximum absolute atomic E-state index is 6.03. The first-order valence-electron chi connectivity index (χ1n) is 9.94. The number of methoxy groups -OCH3 is 1. The molecule has 148 valence electrons. The van der Waals surface area contributed by atoms with Gasteiger partial charge in [0, 0.05) is 12.6 Å². The Kier molecular flexibility index (Phi) is 5.52. The van der Waals surface area contributed by atoms with E-state index in [1.54, 1.807) is 7.11 Å². The van der Waals surface area contributed by atoms with Gasteiger partial charge in [-0.15, -0.1) is 0 Å². The molecule has 0 bridgehead atoms. The molecule has 0 radical (unpaired) electrons. The predicted molar refractivity (Wildman–Crippen MR) is 117 cm³/mol. The molecule has 0 saturated carbocycles. The zero-order valence-electron chi connectivity index (χ0n) is 17.1. The van der Waals surface area contributed by atoms with Gasteiger partial charge in [-0.25, -0.2) is 4.98 Å². The molecule has 1 aromatic heterocycles. The highest BCUT2D eigenvalue weighted by Gasteiger charge is 2.12. The van der Waals surface area contributed by atoms with Crippen LogP contribution in [0.25, 0.3) is 11.0 Å². The first kappa shape index (κ1) is 19.1. The summed E-state index contributed by atoms with van der Waals surface area (Å²) in [6, 6.07) is 24.7. The summed E-state index contributed by atoms with van der Waals surface area (Å²) in [5, 5.41) is 0. The number of benzene rings is 3. The minimum atomic E-state index is 0.395. The summed E-state index contributed by atoms with van der Waals surface area (Å²) in [4.78, 5) is 4.82. The summed E-state index contributed by atoms with van der Waals surface area (Å²) in [5.74, 6) is 2.98. The Labute approximate surface area is 171 Å². The second-order valence-electron chi connectivity index (χ2n) is 7.47. The van der Waals surface area contributed by atoms with Crippen LogP contribution in [-0.4, -0.2) is 16.7 Å². The Bertz CT molecular complexity index is 1100. The van der Waals surface area contributed by atoms with Crippen LogP contribution in [-0.2, 0) is 13.2 Å². The Morgan fingerprint density at radius 3 is 2.41 bits per heavy atom. The predicted octanol–water partition coefficient (Wildman–Crippen LogP) is 5.80. The molecule has 1 heterocycles. The highest BCUT2D eigenvalue weighted by molar-refractivity contribution is 5.76. The molecule has 29 heavy (non-hydrogen) atoms. The molecule has 4 nitrogen and oxygen atoms in total. The topological polar surface area (TPSA) is 36.3 Å². The SMILES string of the molecule is COc1cccc(OCc2nc3ccccc3n2Cc2ccc(C(C)C)cc2)c1. The molecular formula is C25H26N2O2. The van der Waals surface area contributed by atoms with Gasteiger partial charge in [-0.3, -0.25) is 0 Å². The van der Waals surface area contributed by atoms with E-state index in [0.717, 1.165) is 34.9 Å². The van der Waals surface area contributed by atoms with Crippen molar-refractivity contribution in [2.45, 2.75) is 32.9 Å². The number of hydrogen-bond acceptors (Lipinski definition) is 3. The van der Waals surface area contributed by atoms with Crippen molar-refractivity contribution in [3.63, 3.8) is 0 Å². The van der Waals surface area contributed by atoms with Crippen LogP contribution in [0.2, 0.25) is 0 Å². The average Bonchev–Trinajstić information content (AvgIpc) is 3.10. The number of ether oxygens (including phenoxy) is 2. The number of imidazole rings is 1. The van der Waals surface area contributed by atoms with Gasteiger partial charge in [0.2, 0.25) is 0 Å². The first-order chi connectivity index (χ1) is 14.1. The Hall–Kier alpha value is -3.27. The number of rotatable bonds is 7. The minimum absolute atomic E-state index is 0.395. The molecular weight excluding hydrogens is 360 g/mol. The van der Waals surface area contributed by atoms with Gasteiger partial charge in [0.15, 0.2) is 0 Å². The van der Waals surface area contributed by atoms with Crippen molar-refractivity contribution in [3.05, 3.63) is 89.7 Å². The molecule has 0 spiro atoms. The summed E-state index contributed by atoms with van der Waals surface area (Å²) in [5.41, 5.74) is 4.70. The Morgan fingerprint density at radius 1 is 0.897 bits per heavy atom. The molecule has 4 aromatic rings. The van der Waals surface area contributed by atoms with Crippen LogP contribution in [0, 0.1) is 0 Å². The smallest absolute Gasteiger partial charge is 0.148 e. The Morgan fingerprint density at radius 2 is 1.66 bits per heavy atom. The lowest BCUT2D eigenvalue weighted by atomic mass is 10.0. The van der Waals surface area contributed by atoms with E-state index in [4.69, 9.17) is 14.5 Å². The van der Waals surface area contributed by atoms with Crippen LogP contribution < -0.4 is 9.47 Å². The van der Waals surface area contributed by atoms with Crippen LogP contribution in [0.4, 0.5) is 0 Å². The van der Waals surface area contributed by atoms with Crippen LogP contribution in [0.15, 0.2) is 72.8 Å². The standard InChI is InChI=1S/C25H26N2O2/c1-18(2)20-13-11-19(12-14-20)16-27-24-10-5-4-9-23(24)26-25(27)17-29-22-8-6-7-21(15-22)28-3/h4-15,18H,16-17H2,1-3H3. The second-order valence-corrected chi connectivity index (χ2v) is 7.47. The van der Waals surface area contributed by atoms with Gasteiger partial charge < -0.3 is 14.0 Å². The zero-order valence-corrected chi connectivity index (χ0v) is 17.1. The van der Waals surface area contributed by atoms with Gasteiger partial charge in [0.25, 0.3) is 0 Å². The van der Waals surface area contributed by atoms with E-state index in [9.17, 15) is 0 Å². The maximum Gasteiger partial charge on any atom is 0.148 e. The third-order valence-electron chi connectivity index (χ3n) is 5.13. The molecule has 3 aromatic carbocycles. The van der Waals surface area contributed by atoms with Crippen molar-refractivity contribution >= 4 is 11.0 Å². The number of hydrogen-bond donors (Lipinski definition) is 0. The number of aromatic nitrogens is 2. The quantitative estimate of drug-likeness (QED) is 0.403. The molecule has 0 aliphatic heterocycles. The summed E-state index contributed by atoms with van der Waals surface area (Å²) in [6.45, 7) is 5.58. The third kappa shape index (κ3) is 4.27. The maximum atomic E-state index is 6.03. The van der Waals surface area contributed by atoms with E-state index in [-0.39, 0.29) is 0 Å². The fourth-order valence-corrected chi connectivity index (χ4v) is 3.44. The number of para-hydroxylation sites is 2. The zero-order chi connectivity index (χ0) is 20.2. The van der Waals surface area contributed by atoms with Gasteiger partial charge in [-0.1, -0.05) is 56.3 Å². The van der Waals surface area contributed by atoms with Gasteiger partial charge in [-0.05, 0) is 41.3 Å². The van der Waals surface area contributed by atoms with Crippen molar-refractivity contribution in [1.82, 2.24) is 9.55 Å². The highest BCUT2D eigenvalue weighted by atomic mass is 16.5. The lowest BCUT2D eigenvalue weighted by molar-refractivity contribution is 0.289. The number of nitrogens with zero attached hydrogens (tertiary/aromatic N) is 2. The third-order valence-corrected chi connectivity index (χ3v) is 5.13. The van der Waals surface area contributed by atoms with Crippen LogP contribution in [0.5, 0.6) is 11.5 Å². The molecule has 0 aliphatic carbocycles. The summed E-state index contributed by atoms with van der Waals surface area (Å²) in [7, 11) is 1.66. The first-order valence-corrected chi connectivity index (χ1v) is 9.94. The van der Waals surface area contributed by atoms with E-state index in [1.165, 1.54) is 11.1 Å². The van der Waals surface area contributed by atoms with Gasteiger partial charge in [-0.2, -0.15) is 0 Å². The monoisotopic (exact) mass is 386 g/mol. The summed E-state index contributed by atoms with van der Waals surface area (Å²) in [6.07, 6.45) is 0. The normalized spacial score (nSPS) is 11.2. The molecule has 4 heteroatoms. The minimum Gasteiger partial charge on any atom is -0.497 e. The van der Waals surface area contributed by atoms with E-state index in [2.05, 4.69) is 54.8 Å². The Balaban J connectivity index is 1.61. The van der Waals surface area contributed by atoms with Crippen molar-refractivity contribution in [2.24, 2.45) is 0 Å². The average molecular weight is 386 g/mol. The molecule has 0 saturated heterocycles. The highest BCUT2D eigenvalue weighted by Crippen LogP contribution is 2.23. The van der Waals surface area contributed by atoms with Crippen LogP contribution >= 0.6 is 0 Å². The van der Waals surface area contributed by atoms with Crippen molar-refractivity contribution in [1.29, 1.82) is 0 Å². The summed E-state index contributed by atoms with van der Waals surface area (Å²) >= 11 is 0. The van der Waals surface area contributed by atoms with Gasteiger partial charge >= 0.3 is 0 Å². The summed E-state index contributed by atoms with van der Waals surface area (Å²) < 4.78 is 13.5. The molecule has 0 amide bonds. The lowest BCUT2D eigenvalue weighted by Crippen LogP contribution is -2.08. The molecule has 0 unspecified atom stereocenters. The van der Waals surface area contributed by atoms with Crippen molar-refractivity contribution < 1.29 is 9.47 Å². The van der Waals surface area contributed by atoms with Crippen molar-refractivity contribution in [3.8, 4) is 11.5 Å². The number of fused-ring (bicyclic) bond motifs is 1. The molecule has 0 aliphatic rings. The second kappa shape index (κ2) is 8.39.